The topological polar surface area (TPSA) is 81.8 Å². The van der Waals surface area contributed by atoms with Crippen LogP contribution in [0.4, 0.5) is 5.00 Å². The molecule has 8 heteroatoms. The van der Waals surface area contributed by atoms with Gasteiger partial charge in [0.15, 0.2) is 0 Å². The maximum atomic E-state index is 12.6. The van der Waals surface area contributed by atoms with Crippen LogP contribution in [0.3, 0.4) is 0 Å². The number of rotatable bonds is 6. The zero-order valence-electron chi connectivity index (χ0n) is 15.8. The first-order chi connectivity index (χ1) is 13.5. The Balaban J connectivity index is 1.42. The van der Waals surface area contributed by atoms with Crippen molar-refractivity contribution in [1.29, 1.82) is 0 Å². The van der Waals surface area contributed by atoms with Crippen molar-refractivity contribution in [3.05, 3.63) is 52.9 Å². The summed E-state index contributed by atoms with van der Waals surface area (Å²) in [4.78, 5) is 40.3. The minimum Gasteiger partial charge on any atom is -0.351 e. The SMILES string of the molecule is CC(=O)Nc1ccc(C(=O)N2CCN(CC(=O)NCc3ccccc3)CC2)s1. The molecule has 7 nitrogen and oxygen atoms in total. The lowest BCUT2D eigenvalue weighted by atomic mass is 10.2. The quantitative estimate of drug-likeness (QED) is 0.775. The summed E-state index contributed by atoms with van der Waals surface area (Å²) in [6.45, 7) is 4.78. The average Bonchev–Trinajstić information content (AvgIpc) is 3.15. The largest absolute Gasteiger partial charge is 0.351 e. The van der Waals surface area contributed by atoms with E-state index in [9.17, 15) is 14.4 Å². The number of hydrogen-bond donors (Lipinski definition) is 2. The molecule has 1 aromatic carbocycles. The molecule has 0 spiro atoms. The zero-order valence-corrected chi connectivity index (χ0v) is 16.6. The molecule has 1 aromatic heterocycles. The summed E-state index contributed by atoms with van der Waals surface area (Å²) >= 11 is 1.28. The minimum atomic E-state index is -0.153. The summed E-state index contributed by atoms with van der Waals surface area (Å²) in [6, 6.07) is 13.3. The maximum Gasteiger partial charge on any atom is 0.264 e. The van der Waals surface area contributed by atoms with Crippen molar-refractivity contribution >= 4 is 34.1 Å². The predicted octanol–water partition coefficient (Wildman–Crippen LogP) is 1.78. The summed E-state index contributed by atoms with van der Waals surface area (Å²) in [5.41, 5.74) is 1.07. The molecule has 0 unspecified atom stereocenters. The van der Waals surface area contributed by atoms with E-state index in [0.717, 1.165) is 5.56 Å². The standard InChI is InChI=1S/C20H24N4O3S/c1-15(25)22-19-8-7-17(28-19)20(27)24-11-9-23(10-12-24)14-18(26)21-13-16-5-3-2-4-6-16/h2-8H,9-14H2,1H3,(H,21,26)(H,22,25). The number of anilines is 1. The summed E-state index contributed by atoms with van der Waals surface area (Å²) in [5.74, 6) is -0.198. The van der Waals surface area contributed by atoms with Crippen LogP contribution in [0.1, 0.15) is 22.2 Å². The van der Waals surface area contributed by atoms with Gasteiger partial charge in [0.25, 0.3) is 5.91 Å². The van der Waals surface area contributed by atoms with E-state index in [4.69, 9.17) is 0 Å². The summed E-state index contributed by atoms with van der Waals surface area (Å²) in [7, 11) is 0. The van der Waals surface area contributed by atoms with Crippen molar-refractivity contribution in [3.8, 4) is 0 Å². The van der Waals surface area contributed by atoms with Gasteiger partial charge in [-0.05, 0) is 17.7 Å². The molecule has 1 fully saturated rings. The third-order valence-corrected chi connectivity index (χ3v) is 5.46. The second-order valence-corrected chi connectivity index (χ2v) is 7.76. The van der Waals surface area contributed by atoms with Crippen LogP contribution in [0.5, 0.6) is 0 Å². The Morgan fingerprint density at radius 3 is 2.39 bits per heavy atom. The fourth-order valence-electron chi connectivity index (χ4n) is 3.01. The van der Waals surface area contributed by atoms with Gasteiger partial charge in [0.2, 0.25) is 11.8 Å². The smallest absolute Gasteiger partial charge is 0.264 e. The Morgan fingerprint density at radius 1 is 1.00 bits per heavy atom. The summed E-state index contributed by atoms with van der Waals surface area (Å²) in [6.07, 6.45) is 0. The van der Waals surface area contributed by atoms with Crippen molar-refractivity contribution in [2.24, 2.45) is 0 Å². The Hall–Kier alpha value is -2.71. The van der Waals surface area contributed by atoms with E-state index < -0.39 is 0 Å². The number of hydrogen-bond acceptors (Lipinski definition) is 5. The third-order valence-electron chi connectivity index (χ3n) is 4.48. The lowest BCUT2D eigenvalue weighted by Gasteiger charge is -2.34. The second-order valence-electron chi connectivity index (χ2n) is 6.68. The normalized spacial score (nSPS) is 14.5. The van der Waals surface area contributed by atoms with Crippen molar-refractivity contribution in [3.63, 3.8) is 0 Å². The van der Waals surface area contributed by atoms with Gasteiger partial charge in [-0.1, -0.05) is 30.3 Å². The van der Waals surface area contributed by atoms with E-state index in [-0.39, 0.29) is 17.7 Å². The van der Waals surface area contributed by atoms with Crippen LogP contribution in [0.15, 0.2) is 42.5 Å². The highest BCUT2D eigenvalue weighted by Gasteiger charge is 2.24. The number of nitrogens with one attached hydrogen (secondary N) is 2. The number of nitrogens with zero attached hydrogens (tertiary/aromatic N) is 2. The molecular weight excluding hydrogens is 376 g/mol. The number of benzene rings is 1. The molecule has 1 saturated heterocycles. The summed E-state index contributed by atoms with van der Waals surface area (Å²) in [5, 5.41) is 6.29. The molecule has 1 aliphatic heterocycles. The first kappa shape index (κ1) is 20.0. The molecule has 0 aliphatic carbocycles. The van der Waals surface area contributed by atoms with Crippen molar-refractivity contribution in [1.82, 2.24) is 15.1 Å². The zero-order chi connectivity index (χ0) is 19.9. The van der Waals surface area contributed by atoms with Crippen LogP contribution in [0.2, 0.25) is 0 Å². The van der Waals surface area contributed by atoms with Crippen molar-refractivity contribution in [2.45, 2.75) is 13.5 Å². The van der Waals surface area contributed by atoms with Gasteiger partial charge in [-0.15, -0.1) is 11.3 Å². The number of amides is 3. The molecule has 2 heterocycles. The number of thiophene rings is 1. The molecule has 2 aromatic rings. The molecule has 0 saturated carbocycles. The van der Waals surface area contributed by atoms with Gasteiger partial charge in [-0.25, -0.2) is 0 Å². The molecule has 3 amide bonds. The molecule has 0 radical (unpaired) electrons. The monoisotopic (exact) mass is 400 g/mol. The average molecular weight is 401 g/mol. The number of carbonyl (C=O) groups is 3. The van der Waals surface area contributed by atoms with E-state index in [1.807, 2.05) is 30.3 Å². The van der Waals surface area contributed by atoms with Crippen LogP contribution in [0, 0.1) is 0 Å². The van der Waals surface area contributed by atoms with Crippen molar-refractivity contribution in [2.75, 3.05) is 38.0 Å². The molecule has 3 rings (SSSR count). The highest BCUT2D eigenvalue weighted by molar-refractivity contribution is 7.18. The third kappa shape index (κ3) is 5.64. The first-order valence-corrected chi connectivity index (χ1v) is 10.0. The number of piperazine rings is 1. The highest BCUT2D eigenvalue weighted by atomic mass is 32.1. The van der Waals surface area contributed by atoms with Crippen LogP contribution >= 0.6 is 11.3 Å². The lowest BCUT2D eigenvalue weighted by Crippen LogP contribution is -2.51. The lowest BCUT2D eigenvalue weighted by molar-refractivity contribution is -0.122. The fraction of sp³-hybridized carbons (Fsp3) is 0.350. The van der Waals surface area contributed by atoms with Crippen LogP contribution < -0.4 is 10.6 Å². The summed E-state index contributed by atoms with van der Waals surface area (Å²) < 4.78 is 0. The van der Waals surface area contributed by atoms with E-state index >= 15 is 0 Å². The fourth-order valence-corrected chi connectivity index (χ4v) is 3.93. The molecule has 28 heavy (non-hydrogen) atoms. The van der Waals surface area contributed by atoms with Gasteiger partial charge in [0.05, 0.1) is 16.4 Å². The van der Waals surface area contributed by atoms with Gasteiger partial charge in [-0.3, -0.25) is 19.3 Å². The predicted molar refractivity (Wildman–Crippen MR) is 109 cm³/mol. The van der Waals surface area contributed by atoms with E-state index in [0.29, 0.717) is 49.1 Å². The highest BCUT2D eigenvalue weighted by Crippen LogP contribution is 2.23. The molecular formula is C20H24N4O3S. The molecule has 0 bridgehead atoms. The second kappa shape index (κ2) is 9.48. The van der Waals surface area contributed by atoms with Crippen LogP contribution in [0.25, 0.3) is 0 Å². The van der Waals surface area contributed by atoms with Crippen molar-refractivity contribution < 1.29 is 14.4 Å². The van der Waals surface area contributed by atoms with Gasteiger partial charge in [0.1, 0.15) is 0 Å². The van der Waals surface area contributed by atoms with Crippen LogP contribution in [-0.4, -0.2) is 60.2 Å². The van der Waals surface area contributed by atoms with Crippen LogP contribution in [-0.2, 0) is 16.1 Å². The van der Waals surface area contributed by atoms with E-state index in [1.165, 1.54) is 18.3 Å². The Morgan fingerprint density at radius 2 is 1.71 bits per heavy atom. The molecule has 1 aliphatic rings. The Bertz CT molecular complexity index is 829. The van der Waals surface area contributed by atoms with E-state index in [2.05, 4.69) is 15.5 Å². The Labute approximate surface area is 168 Å². The first-order valence-electron chi connectivity index (χ1n) is 9.21. The van der Waals surface area contributed by atoms with Gasteiger partial charge >= 0.3 is 0 Å². The van der Waals surface area contributed by atoms with Gasteiger partial charge in [0, 0.05) is 39.6 Å². The van der Waals surface area contributed by atoms with Gasteiger partial charge in [-0.2, -0.15) is 0 Å². The molecule has 2 N–H and O–H groups in total. The van der Waals surface area contributed by atoms with E-state index in [1.54, 1.807) is 17.0 Å². The molecule has 148 valence electrons. The molecule has 0 atom stereocenters. The maximum absolute atomic E-state index is 12.6. The minimum absolute atomic E-state index is 0.0122. The van der Waals surface area contributed by atoms with Gasteiger partial charge < -0.3 is 15.5 Å². The number of carbonyl (C=O) groups excluding carboxylic acids is 3. The Kier molecular flexibility index (Phi) is 6.78.